The highest BCUT2D eigenvalue weighted by Crippen LogP contribution is 2.26. The number of benzene rings is 1. The van der Waals surface area contributed by atoms with Crippen molar-refractivity contribution in [1.29, 1.82) is 0 Å². The number of rotatable bonds is 6. The Labute approximate surface area is 201 Å². The average molecular weight is 484 g/mol. The van der Waals surface area contributed by atoms with Gasteiger partial charge in [0.25, 0.3) is 5.56 Å². The van der Waals surface area contributed by atoms with Gasteiger partial charge in [-0.25, -0.2) is 9.67 Å². The first-order valence-electron chi connectivity index (χ1n) is 10.8. The summed E-state index contributed by atoms with van der Waals surface area (Å²) in [5.41, 5.74) is 4.72. The minimum absolute atomic E-state index is 0.117. The van der Waals surface area contributed by atoms with Gasteiger partial charge in [0.05, 0.1) is 23.4 Å². The van der Waals surface area contributed by atoms with Crippen LogP contribution in [0.25, 0.3) is 21.9 Å². The maximum atomic E-state index is 13.6. The predicted octanol–water partition coefficient (Wildman–Crippen LogP) is 4.50. The van der Waals surface area contributed by atoms with Crippen LogP contribution in [-0.2, 0) is 11.2 Å². The molecule has 0 unspecified atom stereocenters. The Hall–Kier alpha value is -2.97. The molecule has 1 aromatic carbocycles. The minimum Gasteiger partial charge on any atom is -0.356 e. The van der Waals surface area contributed by atoms with Gasteiger partial charge in [-0.3, -0.25) is 14.0 Å². The lowest BCUT2D eigenvalue weighted by molar-refractivity contribution is -0.120. The maximum absolute atomic E-state index is 13.6. The molecular weight excluding hydrogens is 458 g/mol. The third kappa shape index (κ3) is 4.58. The van der Waals surface area contributed by atoms with E-state index in [0.717, 1.165) is 16.9 Å². The van der Waals surface area contributed by atoms with E-state index in [9.17, 15) is 9.59 Å². The molecule has 0 saturated carbocycles. The van der Waals surface area contributed by atoms with Crippen molar-refractivity contribution < 1.29 is 4.79 Å². The number of hydrogen-bond acceptors (Lipinski definition) is 5. The fraction of sp³-hybridized carbons (Fsp3) is 0.333. The lowest BCUT2D eigenvalue weighted by Gasteiger charge is -2.09. The molecule has 0 aliphatic rings. The number of hydrogen-bond donors (Lipinski definition) is 1. The number of halogens is 1. The Morgan fingerprint density at radius 1 is 1.21 bits per heavy atom. The number of aromatic nitrogens is 4. The normalized spacial score (nSPS) is 11.5. The second kappa shape index (κ2) is 9.11. The third-order valence-corrected chi connectivity index (χ3v) is 6.52. The third-order valence-electron chi connectivity index (χ3n) is 5.41. The average Bonchev–Trinajstić information content (AvgIpc) is 3.31. The zero-order chi connectivity index (χ0) is 23.9. The van der Waals surface area contributed by atoms with Gasteiger partial charge in [0.2, 0.25) is 5.91 Å². The Balaban J connectivity index is 1.78. The molecule has 3 heterocycles. The van der Waals surface area contributed by atoms with Crippen LogP contribution >= 0.6 is 22.9 Å². The molecule has 0 spiro atoms. The van der Waals surface area contributed by atoms with Gasteiger partial charge in [-0.05, 0) is 50.5 Å². The number of fused-ring (bicyclic) bond motifs is 1. The first-order chi connectivity index (χ1) is 15.7. The van der Waals surface area contributed by atoms with Crippen LogP contribution in [0.3, 0.4) is 0 Å². The number of aryl methyl sites for hydroxylation is 3. The standard InChI is InChI=1S/C24H26ClN5O2S/c1-13(2)11-26-21(31)10-18-12-33-24-27-16(5)22(23(32)29(18)24)19-8-15(4)30(28-19)20-9-17(25)7-6-14(20)3/h6-9,12-13H,10-11H2,1-5H3,(H,26,31). The number of amides is 1. The van der Waals surface area contributed by atoms with E-state index in [1.807, 2.05) is 64.3 Å². The summed E-state index contributed by atoms with van der Waals surface area (Å²) in [4.78, 5) is 31.2. The van der Waals surface area contributed by atoms with Crippen molar-refractivity contribution in [3.63, 3.8) is 0 Å². The van der Waals surface area contributed by atoms with Gasteiger partial charge in [-0.15, -0.1) is 11.3 Å². The van der Waals surface area contributed by atoms with Crippen molar-refractivity contribution in [1.82, 2.24) is 24.5 Å². The summed E-state index contributed by atoms with van der Waals surface area (Å²) in [6.07, 6.45) is 0.117. The molecule has 0 bridgehead atoms. The van der Waals surface area contributed by atoms with E-state index in [-0.39, 0.29) is 17.9 Å². The van der Waals surface area contributed by atoms with Crippen molar-refractivity contribution in [2.24, 2.45) is 5.92 Å². The number of nitrogens with zero attached hydrogens (tertiary/aromatic N) is 4. The van der Waals surface area contributed by atoms with Gasteiger partial charge in [0, 0.05) is 28.3 Å². The molecule has 0 aliphatic heterocycles. The van der Waals surface area contributed by atoms with Crippen LogP contribution in [0.5, 0.6) is 0 Å². The summed E-state index contributed by atoms with van der Waals surface area (Å²) in [6.45, 7) is 10.4. The first-order valence-corrected chi connectivity index (χ1v) is 12.0. The van der Waals surface area contributed by atoms with Gasteiger partial charge in [0.15, 0.2) is 4.96 Å². The Bertz CT molecular complexity index is 1420. The molecule has 33 heavy (non-hydrogen) atoms. The monoisotopic (exact) mass is 483 g/mol. The van der Waals surface area contributed by atoms with Crippen LogP contribution in [0.2, 0.25) is 5.02 Å². The molecule has 1 amide bonds. The SMILES string of the molecule is Cc1ccc(Cl)cc1-n1nc(-c2c(C)nc3scc(CC(=O)NCC(C)C)n3c2=O)cc1C. The van der Waals surface area contributed by atoms with Crippen molar-refractivity contribution in [3.05, 3.63) is 67.7 Å². The van der Waals surface area contributed by atoms with Gasteiger partial charge in [-0.2, -0.15) is 5.10 Å². The molecule has 9 heteroatoms. The van der Waals surface area contributed by atoms with Gasteiger partial charge >= 0.3 is 0 Å². The van der Waals surface area contributed by atoms with Crippen LogP contribution in [0.15, 0.2) is 34.4 Å². The van der Waals surface area contributed by atoms with Crippen LogP contribution in [0.1, 0.15) is 36.5 Å². The molecule has 172 valence electrons. The maximum Gasteiger partial charge on any atom is 0.268 e. The largest absolute Gasteiger partial charge is 0.356 e. The van der Waals surface area contributed by atoms with E-state index in [0.29, 0.717) is 45.1 Å². The molecule has 4 rings (SSSR count). The molecular formula is C24H26ClN5O2S. The molecule has 1 N–H and O–H groups in total. The minimum atomic E-state index is -0.224. The van der Waals surface area contributed by atoms with Crippen LogP contribution in [0.4, 0.5) is 0 Å². The fourth-order valence-corrected chi connectivity index (χ4v) is 4.81. The molecule has 3 aromatic heterocycles. The van der Waals surface area contributed by atoms with Crippen molar-refractivity contribution >= 4 is 33.8 Å². The van der Waals surface area contributed by atoms with Crippen LogP contribution in [0, 0.1) is 26.7 Å². The zero-order valence-electron chi connectivity index (χ0n) is 19.3. The number of carbonyl (C=O) groups excluding carboxylic acids is 1. The molecule has 0 radical (unpaired) electrons. The topological polar surface area (TPSA) is 81.3 Å². The van der Waals surface area contributed by atoms with E-state index in [2.05, 4.69) is 10.3 Å². The van der Waals surface area contributed by atoms with E-state index < -0.39 is 0 Å². The summed E-state index contributed by atoms with van der Waals surface area (Å²) in [6, 6.07) is 7.51. The summed E-state index contributed by atoms with van der Waals surface area (Å²) in [5, 5.41) is 10.1. The van der Waals surface area contributed by atoms with Crippen molar-refractivity contribution in [3.8, 4) is 16.9 Å². The first kappa shape index (κ1) is 23.2. The highest BCUT2D eigenvalue weighted by atomic mass is 35.5. The summed E-state index contributed by atoms with van der Waals surface area (Å²) < 4.78 is 3.32. The smallest absolute Gasteiger partial charge is 0.268 e. The van der Waals surface area contributed by atoms with Crippen LogP contribution < -0.4 is 10.9 Å². The Morgan fingerprint density at radius 2 is 1.97 bits per heavy atom. The van der Waals surface area contributed by atoms with Gasteiger partial charge < -0.3 is 5.32 Å². The van der Waals surface area contributed by atoms with Crippen LogP contribution in [-0.4, -0.2) is 31.6 Å². The predicted molar refractivity (Wildman–Crippen MR) is 133 cm³/mol. The molecule has 0 atom stereocenters. The molecule has 0 aliphatic carbocycles. The van der Waals surface area contributed by atoms with E-state index >= 15 is 0 Å². The second-order valence-electron chi connectivity index (χ2n) is 8.61. The van der Waals surface area contributed by atoms with Gasteiger partial charge in [0.1, 0.15) is 5.69 Å². The fourth-order valence-electron chi connectivity index (χ4n) is 3.72. The quantitative estimate of drug-likeness (QED) is 0.437. The highest BCUT2D eigenvalue weighted by molar-refractivity contribution is 7.15. The van der Waals surface area contributed by atoms with E-state index in [1.54, 1.807) is 4.68 Å². The number of thiazole rings is 1. The highest BCUT2D eigenvalue weighted by Gasteiger charge is 2.20. The number of carbonyl (C=O) groups is 1. The van der Waals surface area contributed by atoms with Crippen molar-refractivity contribution in [2.75, 3.05) is 6.54 Å². The summed E-state index contributed by atoms with van der Waals surface area (Å²) in [5.74, 6) is 0.238. The lowest BCUT2D eigenvalue weighted by atomic mass is 10.1. The molecule has 0 saturated heterocycles. The summed E-state index contributed by atoms with van der Waals surface area (Å²) >= 11 is 7.56. The Morgan fingerprint density at radius 3 is 2.70 bits per heavy atom. The second-order valence-corrected chi connectivity index (χ2v) is 9.88. The van der Waals surface area contributed by atoms with E-state index in [4.69, 9.17) is 16.7 Å². The molecule has 0 fully saturated rings. The van der Waals surface area contributed by atoms with E-state index in [1.165, 1.54) is 15.7 Å². The molecule has 4 aromatic rings. The zero-order valence-corrected chi connectivity index (χ0v) is 20.8. The lowest BCUT2D eigenvalue weighted by Crippen LogP contribution is -2.30. The van der Waals surface area contributed by atoms with Gasteiger partial charge in [-0.1, -0.05) is 31.5 Å². The Kier molecular flexibility index (Phi) is 6.41. The molecule has 7 nitrogen and oxygen atoms in total. The van der Waals surface area contributed by atoms with Crippen molar-refractivity contribution in [2.45, 2.75) is 41.0 Å². The number of nitrogens with one attached hydrogen (secondary N) is 1. The summed E-state index contributed by atoms with van der Waals surface area (Å²) in [7, 11) is 0.